The molecule has 90 valence electrons. The molecule has 2 N–H and O–H groups in total. The Kier molecular flexibility index (Phi) is 5.91. The third-order valence-corrected chi connectivity index (χ3v) is 4.71. The van der Waals surface area contributed by atoms with E-state index in [0.717, 1.165) is 12.1 Å². The highest BCUT2D eigenvalue weighted by Gasteiger charge is 2.21. The second-order valence-electron chi connectivity index (χ2n) is 4.07. The first-order chi connectivity index (χ1) is 7.29. The average Bonchev–Trinajstić information content (AvgIpc) is 2.17. The van der Waals surface area contributed by atoms with Gasteiger partial charge in [-0.1, -0.05) is 30.4 Å². The van der Waals surface area contributed by atoms with Gasteiger partial charge in [-0.15, -0.1) is 0 Å². The van der Waals surface area contributed by atoms with Crippen molar-refractivity contribution in [2.45, 2.75) is 20.0 Å². The predicted octanol–water partition coefficient (Wildman–Crippen LogP) is 1.36. The fourth-order valence-electron chi connectivity index (χ4n) is 0.992. The molecule has 5 heteroatoms. The average molecular weight is 244 g/mol. The maximum atomic E-state index is 12.5. The molecule has 0 amide bonds. The summed E-state index contributed by atoms with van der Waals surface area (Å²) in [6.07, 6.45) is 0.207. The standard InChI is InChI=1S/C9H13FOSi.C2H4O2/c1-12(2,7-11)9-5-3-8(10)4-6-9;1-2(3)4/h3-6,11H,7H2,1-2H3;1H3,(H,3,4). The second-order valence-corrected chi connectivity index (χ2v) is 8.73. The summed E-state index contributed by atoms with van der Waals surface area (Å²) in [6.45, 7) is 5.19. The monoisotopic (exact) mass is 244 g/mol. The van der Waals surface area contributed by atoms with Crippen LogP contribution in [0.15, 0.2) is 24.3 Å². The highest BCUT2D eigenvalue weighted by atomic mass is 28.3. The molecule has 16 heavy (non-hydrogen) atoms. The number of hydrogen-bond donors (Lipinski definition) is 2. The molecule has 0 aliphatic heterocycles. The maximum absolute atomic E-state index is 12.5. The first-order valence-corrected chi connectivity index (χ1v) is 8.06. The Morgan fingerprint density at radius 3 is 2.00 bits per heavy atom. The lowest BCUT2D eigenvalue weighted by Gasteiger charge is -2.19. The van der Waals surface area contributed by atoms with Crippen molar-refractivity contribution in [2.24, 2.45) is 0 Å². The Morgan fingerprint density at radius 1 is 1.31 bits per heavy atom. The normalized spacial score (nSPS) is 10.3. The topological polar surface area (TPSA) is 57.5 Å². The fraction of sp³-hybridized carbons (Fsp3) is 0.364. The van der Waals surface area contributed by atoms with Crippen molar-refractivity contribution in [2.75, 3.05) is 6.23 Å². The molecule has 0 fully saturated rings. The van der Waals surface area contributed by atoms with Crippen LogP contribution in [0.4, 0.5) is 4.39 Å². The van der Waals surface area contributed by atoms with Crippen LogP contribution in [-0.2, 0) is 4.79 Å². The van der Waals surface area contributed by atoms with Gasteiger partial charge in [0.1, 0.15) is 13.9 Å². The summed E-state index contributed by atoms with van der Waals surface area (Å²) in [5.74, 6) is -1.05. The molecule has 0 saturated heterocycles. The number of rotatable bonds is 2. The van der Waals surface area contributed by atoms with Crippen molar-refractivity contribution >= 4 is 19.2 Å². The number of aliphatic hydroxyl groups is 1. The number of hydrogen-bond acceptors (Lipinski definition) is 2. The van der Waals surface area contributed by atoms with E-state index in [1.165, 1.54) is 12.1 Å². The van der Waals surface area contributed by atoms with Crippen LogP contribution >= 0.6 is 0 Å². The lowest BCUT2D eigenvalue weighted by Crippen LogP contribution is -2.45. The van der Waals surface area contributed by atoms with Crippen molar-refractivity contribution in [1.29, 1.82) is 0 Å². The zero-order chi connectivity index (χ0) is 12.8. The Labute approximate surface area is 95.6 Å². The fourth-order valence-corrected chi connectivity index (χ4v) is 2.24. The number of aliphatic hydroxyl groups excluding tert-OH is 1. The van der Waals surface area contributed by atoms with Gasteiger partial charge in [0, 0.05) is 13.2 Å². The predicted molar refractivity (Wildman–Crippen MR) is 63.9 cm³/mol. The summed E-state index contributed by atoms with van der Waals surface area (Å²) in [7, 11) is -1.69. The van der Waals surface area contributed by atoms with Gasteiger partial charge in [0.2, 0.25) is 0 Å². The SMILES string of the molecule is CC(=O)O.C[Si](C)(CO)c1ccc(F)cc1. The summed E-state index contributed by atoms with van der Waals surface area (Å²) in [5, 5.41) is 17.6. The molecule has 0 saturated carbocycles. The van der Waals surface area contributed by atoms with Crippen molar-refractivity contribution < 1.29 is 19.4 Å². The Bertz CT molecular complexity index is 332. The minimum Gasteiger partial charge on any atom is -0.481 e. The van der Waals surface area contributed by atoms with Crippen LogP contribution in [0.3, 0.4) is 0 Å². The summed E-state index contributed by atoms with van der Waals surface area (Å²) < 4.78 is 12.5. The van der Waals surface area contributed by atoms with E-state index in [4.69, 9.17) is 15.0 Å². The van der Waals surface area contributed by atoms with Crippen LogP contribution in [0.25, 0.3) is 0 Å². The summed E-state index contributed by atoms with van der Waals surface area (Å²) in [4.78, 5) is 9.00. The first-order valence-electron chi connectivity index (χ1n) is 4.86. The van der Waals surface area contributed by atoms with E-state index in [2.05, 4.69) is 13.1 Å². The highest BCUT2D eigenvalue weighted by Crippen LogP contribution is 2.03. The van der Waals surface area contributed by atoms with E-state index in [-0.39, 0.29) is 12.0 Å². The van der Waals surface area contributed by atoms with Crippen molar-refractivity contribution in [3.8, 4) is 0 Å². The molecule has 0 unspecified atom stereocenters. The van der Waals surface area contributed by atoms with Gasteiger partial charge in [-0.3, -0.25) is 4.79 Å². The van der Waals surface area contributed by atoms with Gasteiger partial charge in [-0.2, -0.15) is 0 Å². The number of carbonyl (C=O) groups is 1. The third-order valence-electron chi connectivity index (χ3n) is 2.02. The van der Waals surface area contributed by atoms with Crippen LogP contribution in [0.1, 0.15) is 6.92 Å². The lowest BCUT2D eigenvalue weighted by atomic mass is 10.3. The van der Waals surface area contributed by atoms with E-state index in [9.17, 15) is 4.39 Å². The van der Waals surface area contributed by atoms with Gasteiger partial charge >= 0.3 is 0 Å². The van der Waals surface area contributed by atoms with Crippen molar-refractivity contribution in [1.82, 2.24) is 0 Å². The van der Waals surface area contributed by atoms with Gasteiger partial charge < -0.3 is 10.2 Å². The quantitative estimate of drug-likeness (QED) is 0.772. The van der Waals surface area contributed by atoms with Crippen LogP contribution in [-0.4, -0.2) is 30.5 Å². The minimum absolute atomic E-state index is 0.207. The molecular formula is C11H17FO3Si. The Morgan fingerprint density at radius 2 is 1.69 bits per heavy atom. The zero-order valence-corrected chi connectivity index (χ0v) is 10.7. The van der Waals surface area contributed by atoms with Crippen molar-refractivity contribution in [3.05, 3.63) is 30.1 Å². The van der Waals surface area contributed by atoms with Crippen molar-refractivity contribution in [3.63, 3.8) is 0 Å². The molecule has 1 aromatic rings. The van der Waals surface area contributed by atoms with E-state index in [1.807, 2.05) is 0 Å². The smallest absolute Gasteiger partial charge is 0.300 e. The molecule has 0 aromatic heterocycles. The molecule has 0 heterocycles. The number of benzene rings is 1. The third kappa shape index (κ3) is 5.62. The molecule has 3 nitrogen and oxygen atoms in total. The molecule has 0 bridgehead atoms. The molecule has 0 aliphatic carbocycles. The molecule has 1 rings (SSSR count). The molecule has 0 aliphatic rings. The highest BCUT2D eigenvalue weighted by molar-refractivity contribution is 6.89. The molecule has 1 aromatic carbocycles. The van der Waals surface area contributed by atoms with E-state index in [1.54, 1.807) is 12.1 Å². The minimum atomic E-state index is -1.69. The van der Waals surface area contributed by atoms with Gasteiger partial charge in [-0.25, -0.2) is 4.39 Å². The van der Waals surface area contributed by atoms with Crippen LogP contribution < -0.4 is 5.19 Å². The van der Waals surface area contributed by atoms with Gasteiger partial charge in [0.25, 0.3) is 5.97 Å². The second kappa shape index (κ2) is 6.39. The zero-order valence-electron chi connectivity index (χ0n) is 9.70. The molecule has 0 atom stereocenters. The largest absolute Gasteiger partial charge is 0.481 e. The van der Waals surface area contributed by atoms with Crippen LogP contribution in [0.5, 0.6) is 0 Å². The number of halogens is 1. The summed E-state index contributed by atoms with van der Waals surface area (Å²) in [6, 6.07) is 6.41. The van der Waals surface area contributed by atoms with E-state index >= 15 is 0 Å². The molecular weight excluding hydrogens is 227 g/mol. The Hall–Kier alpha value is -1.20. The van der Waals surface area contributed by atoms with E-state index in [0.29, 0.717) is 0 Å². The van der Waals surface area contributed by atoms with Gasteiger partial charge in [0.15, 0.2) is 0 Å². The van der Waals surface area contributed by atoms with Gasteiger partial charge in [0.05, 0.1) is 0 Å². The van der Waals surface area contributed by atoms with Gasteiger partial charge in [-0.05, 0) is 12.1 Å². The van der Waals surface area contributed by atoms with Crippen LogP contribution in [0, 0.1) is 5.82 Å². The summed E-state index contributed by atoms with van der Waals surface area (Å²) >= 11 is 0. The molecule has 0 spiro atoms. The Balaban J connectivity index is 0.000000487. The maximum Gasteiger partial charge on any atom is 0.300 e. The molecule has 0 radical (unpaired) electrons. The number of aliphatic carboxylic acids is 1. The summed E-state index contributed by atoms with van der Waals surface area (Å²) in [5.41, 5.74) is 0. The number of carboxylic acid groups (broad SMARTS) is 1. The van der Waals surface area contributed by atoms with Crippen LogP contribution in [0.2, 0.25) is 13.1 Å². The first kappa shape index (κ1) is 14.8. The number of carboxylic acids is 1. The van der Waals surface area contributed by atoms with E-state index < -0.39 is 14.0 Å². The lowest BCUT2D eigenvalue weighted by molar-refractivity contribution is -0.134.